The van der Waals surface area contributed by atoms with Crippen molar-refractivity contribution >= 4 is 6.09 Å². The van der Waals surface area contributed by atoms with Crippen molar-refractivity contribution in [2.75, 3.05) is 6.54 Å². The molecule has 2 aromatic rings. The second-order valence-corrected chi connectivity index (χ2v) is 5.99. The van der Waals surface area contributed by atoms with E-state index in [0.717, 1.165) is 17.5 Å². The zero-order chi connectivity index (χ0) is 15.6. The molecule has 0 N–H and O–H groups in total. The molecule has 3 heteroatoms. The highest BCUT2D eigenvalue weighted by atomic mass is 16.6. The molecule has 0 saturated carbocycles. The number of hydrogen-bond donors (Lipinski definition) is 0. The first-order chi connectivity index (χ1) is 10.6. The lowest BCUT2D eigenvalue weighted by atomic mass is 9.90. The van der Waals surface area contributed by atoms with Crippen molar-refractivity contribution in [3.05, 3.63) is 71.8 Å². The first kappa shape index (κ1) is 14.6. The molecular weight excluding hydrogens is 274 g/mol. The normalized spacial score (nSPS) is 23.0. The first-order valence-electron chi connectivity index (χ1n) is 7.70. The highest BCUT2D eigenvalue weighted by Gasteiger charge is 2.39. The van der Waals surface area contributed by atoms with Gasteiger partial charge in [0.05, 0.1) is 6.04 Å². The standard InChI is InChI=1S/C19H21NO2/c1-15(16-9-5-3-6-10-16)20-14-13-19(2,22-18(20)21)17-11-7-4-8-12-17/h3-12,15H,13-14H2,1-2H3/t15?,19-/m1/s1. The molecule has 1 aliphatic rings. The molecule has 114 valence electrons. The number of hydrogen-bond acceptors (Lipinski definition) is 2. The molecule has 3 rings (SSSR count). The second kappa shape index (κ2) is 5.84. The van der Waals surface area contributed by atoms with Gasteiger partial charge in [-0.1, -0.05) is 60.7 Å². The van der Waals surface area contributed by atoms with Gasteiger partial charge in [-0.05, 0) is 25.0 Å². The number of carbonyl (C=O) groups excluding carboxylic acids is 1. The van der Waals surface area contributed by atoms with Crippen molar-refractivity contribution in [3.8, 4) is 0 Å². The van der Waals surface area contributed by atoms with Gasteiger partial charge in [-0.25, -0.2) is 4.79 Å². The van der Waals surface area contributed by atoms with Crippen LogP contribution in [0.4, 0.5) is 4.79 Å². The number of nitrogens with zero attached hydrogens (tertiary/aromatic N) is 1. The van der Waals surface area contributed by atoms with E-state index in [1.54, 1.807) is 4.90 Å². The summed E-state index contributed by atoms with van der Waals surface area (Å²) in [5.41, 5.74) is 1.64. The first-order valence-corrected chi connectivity index (χ1v) is 7.70. The Labute approximate surface area is 131 Å². The molecule has 1 saturated heterocycles. The molecule has 0 aliphatic carbocycles. The molecule has 22 heavy (non-hydrogen) atoms. The van der Waals surface area contributed by atoms with E-state index in [1.807, 2.05) is 74.5 Å². The average molecular weight is 295 g/mol. The van der Waals surface area contributed by atoms with E-state index in [-0.39, 0.29) is 12.1 Å². The maximum atomic E-state index is 12.5. The Balaban J connectivity index is 1.77. The van der Waals surface area contributed by atoms with Crippen LogP contribution in [0.25, 0.3) is 0 Å². The highest BCUT2D eigenvalue weighted by molar-refractivity contribution is 5.70. The van der Waals surface area contributed by atoms with Gasteiger partial charge in [0.1, 0.15) is 5.60 Å². The van der Waals surface area contributed by atoms with Crippen LogP contribution >= 0.6 is 0 Å². The number of ether oxygens (including phenoxy) is 1. The fourth-order valence-corrected chi connectivity index (χ4v) is 2.98. The number of amides is 1. The Morgan fingerprint density at radius 3 is 2.23 bits per heavy atom. The summed E-state index contributed by atoms with van der Waals surface area (Å²) in [6.07, 6.45) is 0.550. The van der Waals surface area contributed by atoms with Crippen LogP contribution in [0.5, 0.6) is 0 Å². The van der Waals surface area contributed by atoms with Crippen LogP contribution in [0, 0.1) is 0 Å². The summed E-state index contributed by atoms with van der Waals surface area (Å²) in [6, 6.07) is 20.1. The maximum Gasteiger partial charge on any atom is 0.411 e. The van der Waals surface area contributed by atoms with E-state index >= 15 is 0 Å². The van der Waals surface area contributed by atoms with Crippen LogP contribution in [0.15, 0.2) is 60.7 Å². The summed E-state index contributed by atoms with van der Waals surface area (Å²) in [4.78, 5) is 14.3. The fourth-order valence-electron chi connectivity index (χ4n) is 2.98. The van der Waals surface area contributed by atoms with Gasteiger partial charge in [-0.2, -0.15) is 0 Å². The van der Waals surface area contributed by atoms with Crippen LogP contribution in [0.3, 0.4) is 0 Å². The van der Waals surface area contributed by atoms with E-state index in [4.69, 9.17) is 4.74 Å². The third-order valence-corrected chi connectivity index (χ3v) is 4.51. The molecule has 0 spiro atoms. The van der Waals surface area contributed by atoms with E-state index in [9.17, 15) is 4.79 Å². The van der Waals surface area contributed by atoms with Crippen LogP contribution in [-0.2, 0) is 10.3 Å². The molecule has 1 amide bonds. The largest absolute Gasteiger partial charge is 0.438 e. The minimum atomic E-state index is -0.536. The smallest absolute Gasteiger partial charge is 0.411 e. The Morgan fingerprint density at radius 2 is 1.64 bits per heavy atom. The number of rotatable bonds is 3. The molecule has 1 unspecified atom stereocenters. The lowest BCUT2D eigenvalue weighted by Crippen LogP contribution is -2.47. The van der Waals surface area contributed by atoms with Gasteiger partial charge >= 0.3 is 6.09 Å². The van der Waals surface area contributed by atoms with Gasteiger partial charge in [0.2, 0.25) is 0 Å². The summed E-state index contributed by atoms with van der Waals surface area (Å²) < 4.78 is 5.80. The number of benzene rings is 2. The van der Waals surface area contributed by atoms with Crippen molar-refractivity contribution in [1.29, 1.82) is 0 Å². The van der Waals surface area contributed by atoms with Gasteiger partial charge in [0.15, 0.2) is 0 Å². The van der Waals surface area contributed by atoms with Crippen molar-refractivity contribution in [3.63, 3.8) is 0 Å². The Morgan fingerprint density at radius 1 is 1.05 bits per heavy atom. The summed E-state index contributed by atoms with van der Waals surface area (Å²) in [6.45, 7) is 4.73. The SMILES string of the molecule is CC(c1ccccc1)N1CC[C@](C)(c2ccccc2)OC1=O. The van der Waals surface area contributed by atoms with Gasteiger partial charge in [0, 0.05) is 13.0 Å². The molecule has 3 nitrogen and oxygen atoms in total. The van der Waals surface area contributed by atoms with Crippen LogP contribution in [0.2, 0.25) is 0 Å². The van der Waals surface area contributed by atoms with E-state index < -0.39 is 5.60 Å². The fraction of sp³-hybridized carbons (Fsp3) is 0.316. The molecule has 2 aromatic carbocycles. The predicted molar refractivity (Wildman–Crippen MR) is 86.5 cm³/mol. The van der Waals surface area contributed by atoms with Gasteiger partial charge in [0.25, 0.3) is 0 Å². The van der Waals surface area contributed by atoms with Crippen LogP contribution in [0.1, 0.15) is 37.4 Å². The zero-order valence-electron chi connectivity index (χ0n) is 13.0. The summed E-state index contributed by atoms with van der Waals surface area (Å²) in [5, 5.41) is 0. The van der Waals surface area contributed by atoms with Gasteiger partial charge < -0.3 is 9.64 Å². The third kappa shape index (κ3) is 2.71. The minimum absolute atomic E-state index is 0.0222. The minimum Gasteiger partial charge on any atom is -0.438 e. The summed E-state index contributed by atoms with van der Waals surface area (Å²) >= 11 is 0. The van der Waals surface area contributed by atoms with Crippen molar-refractivity contribution in [1.82, 2.24) is 4.90 Å². The molecule has 0 aromatic heterocycles. The molecular formula is C19H21NO2. The summed E-state index contributed by atoms with van der Waals surface area (Å²) in [5.74, 6) is 0. The molecule has 1 fully saturated rings. The van der Waals surface area contributed by atoms with Crippen molar-refractivity contribution < 1.29 is 9.53 Å². The van der Waals surface area contributed by atoms with Crippen molar-refractivity contribution in [2.24, 2.45) is 0 Å². The van der Waals surface area contributed by atoms with Crippen molar-refractivity contribution in [2.45, 2.75) is 31.9 Å². The second-order valence-electron chi connectivity index (χ2n) is 5.99. The zero-order valence-corrected chi connectivity index (χ0v) is 13.0. The number of cyclic esters (lactones) is 1. The van der Waals surface area contributed by atoms with E-state index in [2.05, 4.69) is 0 Å². The Kier molecular flexibility index (Phi) is 3.88. The third-order valence-electron chi connectivity index (χ3n) is 4.51. The molecule has 0 radical (unpaired) electrons. The van der Waals surface area contributed by atoms with Gasteiger partial charge in [-0.3, -0.25) is 0 Å². The number of carbonyl (C=O) groups is 1. The van der Waals surface area contributed by atoms with E-state index in [0.29, 0.717) is 6.54 Å². The van der Waals surface area contributed by atoms with Crippen LogP contribution < -0.4 is 0 Å². The highest BCUT2D eigenvalue weighted by Crippen LogP contribution is 2.36. The topological polar surface area (TPSA) is 29.5 Å². The lowest BCUT2D eigenvalue weighted by Gasteiger charge is -2.41. The van der Waals surface area contributed by atoms with Gasteiger partial charge in [-0.15, -0.1) is 0 Å². The Bertz CT molecular complexity index is 641. The lowest BCUT2D eigenvalue weighted by molar-refractivity contribution is -0.0491. The Hall–Kier alpha value is -2.29. The quantitative estimate of drug-likeness (QED) is 0.834. The monoisotopic (exact) mass is 295 g/mol. The molecule has 1 heterocycles. The maximum absolute atomic E-state index is 12.5. The molecule has 0 bridgehead atoms. The molecule has 1 aliphatic heterocycles. The van der Waals surface area contributed by atoms with E-state index in [1.165, 1.54) is 0 Å². The predicted octanol–water partition coefficient (Wildman–Crippen LogP) is 4.51. The molecule has 2 atom stereocenters. The van der Waals surface area contributed by atoms with Crippen LogP contribution in [-0.4, -0.2) is 17.5 Å². The average Bonchev–Trinajstić information content (AvgIpc) is 2.56. The summed E-state index contributed by atoms with van der Waals surface area (Å²) in [7, 11) is 0.